The second-order valence-corrected chi connectivity index (χ2v) is 8.43. The summed E-state index contributed by atoms with van der Waals surface area (Å²) < 4.78 is 16.9. The normalized spacial score (nSPS) is 11.4. The monoisotopic (exact) mass is 556 g/mol. The minimum absolute atomic E-state index is 0.0203. The quantitative estimate of drug-likeness (QED) is 0.298. The lowest BCUT2D eigenvalue weighted by atomic mass is 10.2. The molecule has 0 bridgehead atoms. The van der Waals surface area contributed by atoms with Crippen LogP contribution in [0, 0.1) is 0 Å². The Kier molecular flexibility index (Phi) is 7.06. The van der Waals surface area contributed by atoms with Gasteiger partial charge in [0, 0.05) is 11.6 Å². The number of carboxylic acid groups (broad SMARTS) is 1. The number of phenols is 1. The van der Waals surface area contributed by atoms with Crippen LogP contribution in [0.1, 0.15) is 5.56 Å². The third kappa shape index (κ3) is 5.15. The number of hydrogen-bond acceptors (Lipinski definition) is 8. The van der Waals surface area contributed by atoms with Gasteiger partial charge >= 0.3 is 5.97 Å². The molecule has 0 amide bonds. The summed E-state index contributed by atoms with van der Waals surface area (Å²) in [6.07, 6.45) is 1.43. The first-order chi connectivity index (χ1) is 14.3. The first-order valence-corrected chi connectivity index (χ1v) is 10.6. The molecule has 1 aromatic heterocycles. The molecule has 0 saturated carbocycles. The molecule has 0 fully saturated rings. The number of methoxy groups -OCH3 is 2. The molecule has 0 unspecified atom stereocenters. The van der Waals surface area contributed by atoms with Crippen LogP contribution in [0.15, 0.2) is 53.8 Å². The number of benzene rings is 2. The third-order valence-corrected chi connectivity index (χ3v) is 5.81. The summed E-state index contributed by atoms with van der Waals surface area (Å²) in [6, 6.07) is 8.28. The fourth-order valence-corrected chi connectivity index (χ4v) is 4.24. The number of carbonyl (C=O) groups is 1. The lowest BCUT2D eigenvalue weighted by molar-refractivity contribution is -0.131. The predicted molar refractivity (Wildman–Crippen MR) is 118 cm³/mol. The number of carboxylic acids is 1. The number of aromatic hydroxyl groups is 1. The summed E-state index contributed by atoms with van der Waals surface area (Å²) in [5.41, 5.74) is 1.12. The first-order valence-electron chi connectivity index (χ1n) is 8.18. The SMILES string of the molecule is COc1cc(OC)cc(-c2nnc(S/C(=C\c3cc(Br)c(O)c(Br)c3)C(=O)O)o2)c1. The highest BCUT2D eigenvalue weighted by molar-refractivity contribution is 9.11. The Balaban J connectivity index is 1.90. The molecule has 156 valence electrons. The van der Waals surface area contributed by atoms with Gasteiger partial charge < -0.3 is 24.1 Å². The van der Waals surface area contributed by atoms with Crippen molar-refractivity contribution in [2.45, 2.75) is 5.22 Å². The molecular formula is C19H14Br2N2O6S. The van der Waals surface area contributed by atoms with E-state index in [1.165, 1.54) is 20.3 Å². The zero-order chi connectivity index (χ0) is 21.8. The number of nitrogens with zero attached hydrogens (tertiary/aromatic N) is 2. The van der Waals surface area contributed by atoms with E-state index in [4.69, 9.17) is 13.9 Å². The lowest BCUT2D eigenvalue weighted by Crippen LogP contribution is -1.97. The standard InChI is InChI=1S/C19H14Br2N2O6S/c1-27-11-6-10(7-12(8-11)28-2)17-22-23-19(29-17)30-15(18(25)26)5-9-3-13(20)16(24)14(21)4-9/h3-8,24H,1-2H3,(H,25,26)/b15-5-. The molecule has 30 heavy (non-hydrogen) atoms. The van der Waals surface area contributed by atoms with Crippen LogP contribution in [0.25, 0.3) is 17.5 Å². The Morgan fingerprint density at radius 3 is 2.20 bits per heavy atom. The topological polar surface area (TPSA) is 115 Å². The Hall–Kier alpha value is -2.50. The van der Waals surface area contributed by atoms with E-state index < -0.39 is 5.97 Å². The van der Waals surface area contributed by atoms with Crippen LogP contribution >= 0.6 is 43.6 Å². The molecule has 2 aromatic carbocycles. The molecule has 11 heteroatoms. The van der Waals surface area contributed by atoms with Crippen LogP contribution in [-0.4, -0.2) is 40.6 Å². The second kappa shape index (κ2) is 9.54. The van der Waals surface area contributed by atoms with Gasteiger partial charge in [0.25, 0.3) is 5.22 Å². The van der Waals surface area contributed by atoms with Gasteiger partial charge in [-0.15, -0.1) is 10.2 Å². The summed E-state index contributed by atoms with van der Waals surface area (Å²) in [5.74, 6) is 0.141. The Labute approximate surface area is 192 Å². The average Bonchev–Trinajstić information content (AvgIpc) is 3.19. The molecule has 0 atom stereocenters. The molecular weight excluding hydrogens is 544 g/mol. The summed E-state index contributed by atoms with van der Waals surface area (Å²) in [6.45, 7) is 0. The van der Waals surface area contributed by atoms with E-state index in [0.717, 1.165) is 11.8 Å². The highest BCUT2D eigenvalue weighted by atomic mass is 79.9. The lowest BCUT2D eigenvalue weighted by Gasteiger charge is -2.05. The van der Waals surface area contributed by atoms with Crippen molar-refractivity contribution in [2.75, 3.05) is 14.2 Å². The van der Waals surface area contributed by atoms with Crippen molar-refractivity contribution in [1.29, 1.82) is 0 Å². The first kappa shape index (κ1) is 22.2. The second-order valence-electron chi connectivity index (χ2n) is 5.72. The molecule has 0 aliphatic heterocycles. The highest BCUT2D eigenvalue weighted by Gasteiger charge is 2.17. The molecule has 2 N–H and O–H groups in total. The molecule has 0 radical (unpaired) electrons. The van der Waals surface area contributed by atoms with Gasteiger partial charge in [0.1, 0.15) is 22.2 Å². The summed E-state index contributed by atoms with van der Waals surface area (Å²) in [5, 5.41) is 27.3. The fraction of sp³-hybridized carbons (Fsp3) is 0.105. The van der Waals surface area contributed by atoms with Gasteiger partial charge in [0.15, 0.2) is 0 Å². The zero-order valence-corrected chi connectivity index (χ0v) is 19.5. The molecule has 3 rings (SSSR count). The number of thioether (sulfide) groups is 1. The van der Waals surface area contributed by atoms with Crippen LogP contribution in [0.3, 0.4) is 0 Å². The van der Waals surface area contributed by atoms with Crippen molar-refractivity contribution in [2.24, 2.45) is 0 Å². The molecule has 8 nitrogen and oxygen atoms in total. The molecule has 0 aliphatic rings. The van der Waals surface area contributed by atoms with E-state index in [1.54, 1.807) is 30.3 Å². The third-order valence-electron chi connectivity index (χ3n) is 3.75. The molecule has 0 saturated heterocycles. The van der Waals surface area contributed by atoms with Gasteiger partial charge in [0.05, 0.1) is 23.2 Å². The maximum Gasteiger partial charge on any atom is 0.342 e. The van der Waals surface area contributed by atoms with E-state index in [2.05, 4.69) is 42.1 Å². The van der Waals surface area contributed by atoms with Gasteiger partial charge in [-0.3, -0.25) is 0 Å². The molecule has 1 heterocycles. The molecule has 3 aromatic rings. The Bertz CT molecular complexity index is 1090. The summed E-state index contributed by atoms with van der Waals surface area (Å²) in [4.78, 5) is 11.7. The van der Waals surface area contributed by atoms with Crippen molar-refractivity contribution in [3.63, 3.8) is 0 Å². The van der Waals surface area contributed by atoms with E-state index in [9.17, 15) is 15.0 Å². The van der Waals surface area contributed by atoms with Crippen molar-refractivity contribution < 1.29 is 28.9 Å². The van der Waals surface area contributed by atoms with E-state index in [-0.39, 0.29) is 21.8 Å². The molecule has 0 aliphatic carbocycles. The number of phenolic OH excluding ortho intramolecular Hbond substituents is 1. The van der Waals surface area contributed by atoms with Gasteiger partial charge in [-0.05, 0) is 79.5 Å². The summed E-state index contributed by atoms with van der Waals surface area (Å²) >= 11 is 7.25. The maximum atomic E-state index is 11.7. The summed E-state index contributed by atoms with van der Waals surface area (Å²) in [7, 11) is 3.05. The Morgan fingerprint density at radius 2 is 1.67 bits per heavy atom. The largest absolute Gasteiger partial charge is 0.506 e. The van der Waals surface area contributed by atoms with Crippen molar-refractivity contribution in [1.82, 2.24) is 10.2 Å². The van der Waals surface area contributed by atoms with Crippen LogP contribution < -0.4 is 9.47 Å². The van der Waals surface area contributed by atoms with Gasteiger partial charge in [0.2, 0.25) is 5.89 Å². The number of hydrogen-bond donors (Lipinski definition) is 2. The van der Waals surface area contributed by atoms with Crippen molar-refractivity contribution in [3.05, 3.63) is 49.7 Å². The smallest absolute Gasteiger partial charge is 0.342 e. The van der Waals surface area contributed by atoms with E-state index in [0.29, 0.717) is 31.6 Å². The minimum atomic E-state index is -1.16. The van der Waals surface area contributed by atoms with Crippen LogP contribution in [0.4, 0.5) is 0 Å². The van der Waals surface area contributed by atoms with Gasteiger partial charge in [-0.2, -0.15) is 0 Å². The zero-order valence-electron chi connectivity index (χ0n) is 15.6. The predicted octanol–water partition coefficient (Wildman–Crippen LogP) is 5.20. The number of rotatable bonds is 7. The highest BCUT2D eigenvalue weighted by Crippen LogP contribution is 2.36. The van der Waals surface area contributed by atoms with Crippen LogP contribution in [0.5, 0.6) is 17.2 Å². The number of aliphatic carboxylic acids is 1. The Morgan fingerprint density at radius 1 is 1.07 bits per heavy atom. The maximum absolute atomic E-state index is 11.7. The molecule has 0 spiro atoms. The van der Waals surface area contributed by atoms with Gasteiger partial charge in [-0.25, -0.2) is 4.79 Å². The average molecular weight is 558 g/mol. The number of halogens is 2. The van der Waals surface area contributed by atoms with Gasteiger partial charge in [-0.1, -0.05) is 0 Å². The van der Waals surface area contributed by atoms with Crippen LogP contribution in [0.2, 0.25) is 0 Å². The van der Waals surface area contributed by atoms with E-state index in [1.807, 2.05) is 0 Å². The minimum Gasteiger partial charge on any atom is -0.506 e. The van der Waals surface area contributed by atoms with Crippen molar-refractivity contribution >= 4 is 55.7 Å². The number of aromatic nitrogens is 2. The number of ether oxygens (including phenoxy) is 2. The van der Waals surface area contributed by atoms with Crippen molar-refractivity contribution in [3.8, 4) is 28.7 Å². The fourth-order valence-electron chi connectivity index (χ4n) is 2.35. The van der Waals surface area contributed by atoms with E-state index >= 15 is 0 Å². The van der Waals surface area contributed by atoms with Crippen LogP contribution in [-0.2, 0) is 4.79 Å².